The highest BCUT2D eigenvalue weighted by Gasteiger charge is 2.55. The minimum atomic E-state index is -0.440. The second-order valence-corrected chi connectivity index (χ2v) is 7.24. The first-order chi connectivity index (χ1) is 13.1. The highest BCUT2D eigenvalue weighted by atomic mass is 35.5. The van der Waals surface area contributed by atoms with Gasteiger partial charge in [-0.15, -0.1) is 0 Å². The lowest BCUT2D eigenvalue weighted by molar-refractivity contribution is -0.116. The van der Waals surface area contributed by atoms with Gasteiger partial charge in [-0.25, -0.2) is 9.37 Å². The van der Waals surface area contributed by atoms with Gasteiger partial charge >= 0.3 is 0 Å². The van der Waals surface area contributed by atoms with Gasteiger partial charge in [0.15, 0.2) is 11.6 Å². The normalized spacial score (nSPS) is 23.5. The smallest absolute Gasteiger partial charge is 0.244 e. The molecule has 140 valence electrons. The van der Waals surface area contributed by atoms with E-state index in [1.54, 1.807) is 18.5 Å². The number of nitrogens with zero attached hydrogens (tertiary/aromatic N) is 4. The minimum Gasteiger partial charge on any atom is -0.353 e. The Balaban J connectivity index is 1.20. The summed E-state index contributed by atoms with van der Waals surface area (Å²) in [6.45, 7) is 2.18. The Hall–Kier alpha value is -2.54. The van der Waals surface area contributed by atoms with Crippen LogP contribution in [0.25, 0.3) is 6.08 Å². The van der Waals surface area contributed by atoms with E-state index < -0.39 is 5.82 Å². The van der Waals surface area contributed by atoms with E-state index in [-0.39, 0.29) is 17.0 Å². The number of hydrogen-bond donors (Lipinski definition) is 1. The molecule has 0 spiro atoms. The molecular weight excluding hydrogens is 369 g/mol. The number of aromatic nitrogens is 3. The number of hydrogen-bond acceptors (Lipinski definition) is 5. The SMILES string of the molecule is O=C(/C=C/c1cccnc1)NCC[C@@H]1[C@H]2CN(c3nc(Cl)ncc3F)C[C@@H]12. The minimum absolute atomic E-state index is 0.0607. The number of anilines is 1. The lowest BCUT2D eigenvalue weighted by atomic mass is 10.2. The van der Waals surface area contributed by atoms with Crippen LogP contribution in [0.3, 0.4) is 0 Å². The third-order valence-electron chi connectivity index (χ3n) is 5.26. The van der Waals surface area contributed by atoms with Gasteiger partial charge in [-0.05, 0) is 53.5 Å². The molecular formula is C19H19ClFN5O. The van der Waals surface area contributed by atoms with Crippen LogP contribution in [0, 0.1) is 23.6 Å². The topological polar surface area (TPSA) is 71.0 Å². The summed E-state index contributed by atoms with van der Waals surface area (Å²) in [4.78, 5) is 25.5. The van der Waals surface area contributed by atoms with Crippen molar-refractivity contribution in [2.75, 3.05) is 24.5 Å². The summed E-state index contributed by atoms with van der Waals surface area (Å²) in [5.74, 6) is 1.37. The molecule has 0 aromatic carbocycles. The Morgan fingerprint density at radius 3 is 2.93 bits per heavy atom. The van der Waals surface area contributed by atoms with Crippen molar-refractivity contribution in [2.24, 2.45) is 17.8 Å². The van der Waals surface area contributed by atoms with Crippen molar-refractivity contribution in [3.63, 3.8) is 0 Å². The first kappa shape index (κ1) is 17.9. The van der Waals surface area contributed by atoms with Crippen molar-refractivity contribution in [3.05, 3.63) is 53.5 Å². The standard InChI is InChI=1S/C19H19ClFN5O/c20-19-24-9-16(21)18(25-19)26-10-14-13(15(14)11-26)5-7-23-17(27)4-3-12-2-1-6-22-8-12/h1-4,6,8-9,13-15H,5,7,10-11H2,(H,23,27)/b4-3+/t13-,14-,15+. The molecule has 1 saturated heterocycles. The molecule has 27 heavy (non-hydrogen) atoms. The molecule has 3 atom stereocenters. The molecule has 0 bridgehead atoms. The van der Waals surface area contributed by atoms with Crippen molar-refractivity contribution in [1.82, 2.24) is 20.3 Å². The Labute approximate surface area is 161 Å². The van der Waals surface area contributed by atoms with Crippen molar-refractivity contribution in [3.8, 4) is 0 Å². The number of halogens is 2. The van der Waals surface area contributed by atoms with Crippen LogP contribution in [0.15, 0.2) is 36.8 Å². The first-order valence-corrected chi connectivity index (χ1v) is 9.28. The number of carbonyl (C=O) groups is 1. The fourth-order valence-electron chi connectivity index (χ4n) is 3.88. The first-order valence-electron chi connectivity index (χ1n) is 8.91. The molecule has 0 unspecified atom stereocenters. The molecule has 1 amide bonds. The third-order valence-corrected chi connectivity index (χ3v) is 5.44. The zero-order chi connectivity index (χ0) is 18.8. The fourth-order valence-corrected chi connectivity index (χ4v) is 4.01. The Bertz CT molecular complexity index is 850. The number of piperidine rings is 1. The maximum Gasteiger partial charge on any atom is 0.244 e. The Morgan fingerprint density at radius 2 is 2.19 bits per heavy atom. The van der Waals surface area contributed by atoms with Gasteiger partial charge in [0.1, 0.15) is 0 Å². The second-order valence-electron chi connectivity index (χ2n) is 6.91. The molecule has 0 radical (unpaired) electrons. The summed E-state index contributed by atoms with van der Waals surface area (Å²) >= 11 is 5.77. The molecule has 1 aliphatic carbocycles. The van der Waals surface area contributed by atoms with Gasteiger partial charge < -0.3 is 10.2 Å². The zero-order valence-corrected chi connectivity index (χ0v) is 15.3. The average molecular weight is 388 g/mol. The van der Waals surface area contributed by atoms with Gasteiger partial charge in [0.25, 0.3) is 0 Å². The summed E-state index contributed by atoms with van der Waals surface area (Å²) in [6, 6.07) is 3.72. The number of carbonyl (C=O) groups excluding carboxylic acids is 1. The number of rotatable bonds is 6. The maximum absolute atomic E-state index is 13.9. The second kappa shape index (κ2) is 7.60. The monoisotopic (exact) mass is 387 g/mol. The molecule has 8 heteroatoms. The van der Waals surface area contributed by atoms with Gasteiger partial charge in [-0.2, -0.15) is 4.98 Å². The molecule has 1 N–H and O–H groups in total. The molecule has 2 fully saturated rings. The van der Waals surface area contributed by atoms with Crippen LogP contribution in [0.4, 0.5) is 10.2 Å². The molecule has 1 saturated carbocycles. The van der Waals surface area contributed by atoms with Crippen molar-refractivity contribution in [2.45, 2.75) is 6.42 Å². The summed E-state index contributed by atoms with van der Waals surface area (Å²) < 4.78 is 13.9. The summed E-state index contributed by atoms with van der Waals surface area (Å²) in [7, 11) is 0. The van der Waals surface area contributed by atoms with E-state index in [9.17, 15) is 9.18 Å². The van der Waals surface area contributed by atoms with Gasteiger partial charge in [0.05, 0.1) is 6.20 Å². The quantitative estimate of drug-likeness (QED) is 0.609. The van der Waals surface area contributed by atoms with Crippen molar-refractivity contribution >= 4 is 29.4 Å². The third kappa shape index (κ3) is 4.08. The van der Waals surface area contributed by atoms with E-state index in [0.717, 1.165) is 31.3 Å². The molecule has 2 aromatic rings. The van der Waals surface area contributed by atoms with Crippen LogP contribution in [0.5, 0.6) is 0 Å². The Kier molecular flexibility index (Phi) is 5.03. The van der Waals surface area contributed by atoms with Gasteiger partial charge in [-0.1, -0.05) is 6.07 Å². The highest BCUT2D eigenvalue weighted by molar-refractivity contribution is 6.28. The number of fused-ring (bicyclic) bond motifs is 1. The highest BCUT2D eigenvalue weighted by Crippen LogP contribution is 2.54. The van der Waals surface area contributed by atoms with Gasteiger partial charge in [-0.3, -0.25) is 9.78 Å². The lowest BCUT2D eigenvalue weighted by Gasteiger charge is -2.21. The van der Waals surface area contributed by atoms with Crippen LogP contribution in [-0.4, -0.2) is 40.5 Å². The average Bonchev–Trinajstić information content (AvgIpc) is 3.12. The van der Waals surface area contributed by atoms with Crippen molar-refractivity contribution in [1.29, 1.82) is 0 Å². The molecule has 1 aliphatic heterocycles. The van der Waals surface area contributed by atoms with E-state index in [1.807, 2.05) is 17.0 Å². The van der Waals surface area contributed by atoms with Crippen LogP contribution in [0.1, 0.15) is 12.0 Å². The van der Waals surface area contributed by atoms with E-state index in [4.69, 9.17) is 11.6 Å². The summed E-state index contributed by atoms with van der Waals surface area (Å²) in [5.41, 5.74) is 0.890. The predicted octanol–water partition coefficient (Wildman–Crippen LogP) is 2.57. The molecule has 4 rings (SSSR count). The van der Waals surface area contributed by atoms with Gasteiger partial charge in [0, 0.05) is 38.1 Å². The van der Waals surface area contributed by atoms with Gasteiger partial charge in [0.2, 0.25) is 11.2 Å². The van der Waals surface area contributed by atoms with E-state index in [1.165, 1.54) is 6.08 Å². The molecule has 6 nitrogen and oxygen atoms in total. The fraction of sp³-hybridized carbons (Fsp3) is 0.368. The summed E-state index contributed by atoms with van der Waals surface area (Å²) in [6.07, 6.45) is 8.71. The van der Waals surface area contributed by atoms with Crippen LogP contribution < -0.4 is 10.2 Å². The lowest BCUT2D eigenvalue weighted by Crippen LogP contribution is -2.28. The number of amides is 1. The zero-order valence-electron chi connectivity index (χ0n) is 14.6. The number of pyridine rings is 1. The van der Waals surface area contributed by atoms with E-state index in [2.05, 4.69) is 20.3 Å². The summed E-state index contributed by atoms with van der Waals surface area (Å²) in [5, 5.41) is 2.98. The van der Waals surface area contributed by atoms with Crippen LogP contribution >= 0.6 is 11.6 Å². The van der Waals surface area contributed by atoms with Crippen LogP contribution in [0.2, 0.25) is 5.28 Å². The molecule has 3 heterocycles. The van der Waals surface area contributed by atoms with Crippen LogP contribution in [-0.2, 0) is 4.79 Å². The van der Waals surface area contributed by atoms with Crippen molar-refractivity contribution < 1.29 is 9.18 Å². The number of nitrogens with one attached hydrogen (secondary N) is 1. The van der Waals surface area contributed by atoms with E-state index >= 15 is 0 Å². The van der Waals surface area contributed by atoms with E-state index in [0.29, 0.717) is 24.3 Å². The molecule has 2 aliphatic rings. The molecule has 2 aromatic heterocycles. The Morgan fingerprint density at radius 1 is 1.37 bits per heavy atom. The largest absolute Gasteiger partial charge is 0.353 e. The predicted molar refractivity (Wildman–Crippen MR) is 101 cm³/mol. The maximum atomic E-state index is 13.9.